The van der Waals surface area contributed by atoms with Crippen molar-refractivity contribution < 1.29 is 19.1 Å². The predicted molar refractivity (Wildman–Crippen MR) is 88.0 cm³/mol. The molecule has 0 radical (unpaired) electrons. The van der Waals surface area contributed by atoms with Gasteiger partial charge in [-0.25, -0.2) is 4.79 Å². The Kier molecular flexibility index (Phi) is 5.74. The van der Waals surface area contributed by atoms with Crippen LogP contribution in [0.1, 0.15) is 34.6 Å². The van der Waals surface area contributed by atoms with Gasteiger partial charge in [-0.15, -0.1) is 0 Å². The van der Waals surface area contributed by atoms with Gasteiger partial charge >= 0.3 is 5.97 Å². The predicted octanol–water partition coefficient (Wildman–Crippen LogP) is 3.51. The highest BCUT2D eigenvalue weighted by atomic mass is 16.5. The molecule has 5 heteroatoms. The molecule has 0 atom stereocenters. The van der Waals surface area contributed by atoms with Gasteiger partial charge in [0, 0.05) is 5.69 Å². The summed E-state index contributed by atoms with van der Waals surface area (Å²) in [6, 6.07) is 13.6. The second-order valence-corrected chi connectivity index (χ2v) is 4.68. The van der Waals surface area contributed by atoms with Gasteiger partial charge in [0.2, 0.25) is 0 Å². The summed E-state index contributed by atoms with van der Waals surface area (Å²) in [5, 5.41) is 2.78. The number of anilines is 1. The fourth-order valence-electron chi connectivity index (χ4n) is 2.04. The molecule has 5 nitrogen and oxygen atoms in total. The van der Waals surface area contributed by atoms with Crippen LogP contribution >= 0.6 is 0 Å². The molecular weight excluding hydrogens is 294 g/mol. The van der Waals surface area contributed by atoms with E-state index in [1.54, 1.807) is 49.4 Å². The standard InChI is InChI=1S/C18H19NO4/c1-3-22-16-8-6-5-7-15(16)17(20)19-14-11-9-13(10-12-14)18(21)23-4-2/h5-12H,3-4H2,1-2H3,(H,19,20). The van der Waals surface area contributed by atoms with Crippen LogP contribution in [0.4, 0.5) is 5.69 Å². The molecule has 2 rings (SSSR count). The van der Waals surface area contributed by atoms with Crippen molar-refractivity contribution in [1.82, 2.24) is 0 Å². The molecule has 0 fully saturated rings. The molecule has 2 aromatic rings. The maximum absolute atomic E-state index is 12.3. The van der Waals surface area contributed by atoms with Gasteiger partial charge in [0.15, 0.2) is 0 Å². The molecule has 0 saturated carbocycles. The summed E-state index contributed by atoms with van der Waals surface area (Å²) in [5.74, 6) is -0.111. The molecule has 120 valence electrons. The highest BCUT2D eigenvalue weighted by molar-refractivity contribution is 6.06. The topological polar surface area (TPSA) is 64.6 Å². The minimum atomic E-state index is -0.382. The smallest absolute Gasteiger partial charge is 0.338 e. The first-order chi connectivity index (χ1) is 11.2. The Balaban J connectivity index is 2.10. The van der Waals surface area contributed by atoms with E-state index in [2.05, 4.69) is 5.32 Å². The van der Waals surface area contributed by atoms with Gasteiger partial charge in [-0.2, -0.15) is 0 Å². The van der Waals surface area contributed by atoms with Crippen LogP contribution in [0.3, 0.4) is 0 Å². The third-order valence-corrected chi connectivity index (χ3v) is 3.09. The number of ether oxygens (including phenoxy) is 2. The second kappa shape index (κ2) is 7.98. The van der Waals surface area contributed by atoms with Crippen LogP contribution in [-0.4, -0.2) is 25.1 Å². The Morgan fingerprint density at radius 3 is 2.30 bits per heavy atom. The minimum Gasteiger partial charge on any atom is -0.493 e. The Bertz CT molecular complexity index is 680. The number of para-hydroxylation sites is 1. The molecule has 0 aliphatic heterocycles. The summed E-state index contributed by atoms with van der Waals surface area (Å²) in [6.45, 7) is 4.43. The van der Waals surface area contributed by atoms with Crippen molar-refractivity contribution in [2.75, 3.05) is 18.5 Å². The van der Waals surface area contributed by atoms with E-state index in [1.807, 2.05) is 13.0 Å². The lowest BCUT2D eigenvalue weighted by Crippen LogP contribution is -2.14. The molecule has 0 saturated heterocycles. The molecule has 1 N–H and O–H groups in total. The lowest BCUT2D eigenvalue weighted by Gasteiger charge is -2.10. The van der Waals surface area contributed by atoms with Crippen LogP contribution < -0.4 is 10.1 Å². The number of esters is 1. The van der Waals surface area contributed by atoms with E-state index in [0.717, 1.165) is 0 Å². The first kappa shape index (κ1) is 16.5. The molecule has 23 heavy (non-hydrogen) atoms. The minimum absolute atomic E-state index is 0.266. The molecule has 0 aliphatic rings. The Morgan fingerprint density at radius 1 is 0.957 bits per heavy atom. The number of hydrogen-bond donors (Lipinski definition) is 1. The summed E-state index contributed by atoms with van der Waals surface area (Å²) < 4.78 is 10.4. The van der Waals surface area contributed by atoms with Crippen molar-refractivity contribution >= 4 is 17.6 Å². The summed E-state index contributed by atoms with van der Waals surface area (Å²) in [5.41, 5.74) is 1.50. The number of benzene rings is 2. The number of rotatable bonds is 6. The van der Waals surface area contributed by atoms with Crippen molar-refractivity contribution in [3.05, 3.63) is 59.7 Å². The van der Waals surface area contributed by atoms with Crippen LogP contribution in [0, 0.1) is 0 Å². The SMILES string of the molecule is CCOC(=O)c1ccc(NC(=O)c2ccccc2OCC)cc1. The van der Waals surface area contributed by atoms with Crippen molar-refractivity contribution in [3.63, 3.8) is 0 Å². The van der Waals surface area contributed by atoms with Gasteiger partial charge in [0.25, 0.3) is 5.91 Å². The zero-order valence-corrected chi connectivity index (χ0v) is 13.2. The van der Waals surface area contributed by atoms with Crippen molar-refractivity contribution in [2.24, 2.45) is 0 Å². The first-order valence-electron chi connectivity index (χ1n) is 7.46. The van der Waals surface area contributed by atoms with Crippen LogP contribution in [0.5, 0.6) is 5.75 Å². The highest BCUT2D eigenvalue weighted by Gasteiger charge is 2.12. The third kappa shape index (κ3) is 4.32. The second-order valence-electron chi connectivity index (χ2n) is 4.68. The molecule has 0 heterocycles. The summed E-state index contributed by atoms with van der Waals surface area (Å²) in [7, 11) is 0. The molecule has 2 aromatic carbocycles. The fraction of sp³-hybridized carbons (Fsp3) is 0.222. The number of amides is 1. The fourth-order valence-corrected chi connectivity index (χ4v) is 2.04. The largest absolute Gasteiger partial charge is 0.493 e. The third-order valence-electron chi connectivity index (χ3n) is 3.09. The lowest BCUT2D eigenvalue weighted by atomic mass is 10.1. The van der Waals surface area contributed by atoms with Gasteiger partial charge in [0.05, 0.1) is 24.3 Å². The van der Waals surface area contributed by atoms with Crippen molar-refractivity contribution in [1.29, 1.82) is 0 Å². The summed E-state index contributed by atoms with van der Waals surface area (Å²) in [6.07, 6.45) is 0. The Morgan fingerprint density at radius 2 is 1.65 bits per heavy atom. The van der Waals surface area contributed by atoms with E-state index in [1.165, 1.54) is 0 Å². The van der Waals surface area contributed by atoms with E-state index >= 15 is 0 Å². The quantitative estimate of drug-likeness (QED) is 0.829. The molecule has 0 bridgehead atoms. The number of nitrogens with one attached hydrogen (secondary N) is 1. The van der Waals surface area contributed by atoms with E-state index in [0.29, 0.717) is 35.8 Å². The van der Waals surface area contributed by atoms with Crippen LogP contribution in [-0.2, 0) is 4.74 Å². The Labute approximate surface area is 135 Å². The number of carbonyl (C=O) groups excluding carboxylic acids is 2. The first-order valence-corrected chi connectivity index (χ1v) is 7.46. The van der Waals surface area contributed by atoms with Gasteiger partial charge in [-0.1, -0.05) is 12.1 Å². The van der Waals surface area contributed by atoms with Gasteiger partial charge in [-0.3, -0.25) is 4.79 Å². The lowest BCUT2D eigenvalue weighted by molar-refractivity contribution is 0.0526. The van der Waals surface area contributed by atoms with Crippen LogP contribution in [0.2, 0.25) is 0 Å². The summed E-state index contributed by atoms with van der Waals surface area (Å²) in [4.78, 5) is 23.9. The normalized spacial score (nSPS) is 10.0. The molecule has 0 aromatic heterocycles. The molecule has 1 amide bonds. The average Bonchev–Trinajstić information content (AvgIpc) is 2.56. The van der Waals surface area contributed by atoms with Crippen LogP contribution in [0.15, 0.2) is 48.5 Å². The average molecular weight is 313 g/mol. The zero-order valence-electron chi connectivity index (χ0n) is 13.2. The molecule has 0 unspecified atom stereocenters. The number of hydrogen-bond acceptors (Lipinski definition) is 4. The van der Waals surface area contributed by atoms with Crippen molar-refractivity contribution in [3.8, 4) is 5.75 Å². The van der Waals surface area contributed by atoms with Gasteiger partial charge in [-0.05, 0) is 50.2 Å². The van der Waals surface area contributed by atoms with Gasteiger partial charge in [0.1, 0.15) is 5.75 Å². The van der Waals surface area contributed by atoms with Crippen LogP contribution in [0.25, 0.3) is 0 Å². The molecule has 0 aliphatic carbocycles. The Hall–Kier alpha value is -2.82. The van der Waals surface area contributed by atoms with Crippen molar-refractivity contribution in [2.45, 2.75) is 13.8 Å². The van der Waals surface area contributed by atoms with E-state index in [4.69, 9.17) is 9.47 Å². The summed E-state index contributed by atoms with van der Waals surface area (Å²) >= 11 is 0. The molecular formula is C18H19NO4. The maximum atomic E-state index is 12.3. The molecule has 0 spiro atoms. The number of carbonyl (C=O) groups is 2. The van der Waals surface area contributed by atoms with E-state index in [-0.39, 0.29) is 11.9 Å². The highest BCUT2D eigenvalue weighted by Crippen LogP contribution is 2.20. The maximum Gasteiger partial charge on any atom is 0.338 e. The van der Waals surface area contributed by atoms with Gasteiger partial charge < -0.3 is 14.8 Å². The zero-order chi connectivity index (χ0) is 16.7. The van der Waals surface area contributed by atoms with E-state index < -0.39 is 0 Å². The monoisotopic (exact) mass is 313 g/mol. The van der Waals surface area contributed by atoms with E-state index in [9.17, 15) is 9.59 Å².